The van der Waals surface area contributed by atoms with Crippen molar-refractivity contribution in [1.82, 2.24) is 4.90 Å². The van der Waals surface area contributed by atoms with E-state index < -0.39 is 0 Å². The minimum atomic E-state index is -0.0831. The van der Waals surface area contributed by atoms with Crippen molar-refractivity contribution >= 4 is 23.5 Å². The Hall–Kier alpha value is -3.08. The topological polar surface area (TPSA) is 38.8 Å². The lowest BCUT2D eigenvalue weighted by Gasteiger charge is -2.30. The van der Waals surface area contributed by atoms with Crippen LogP contribution in [-0.4, -0.2) is 17.4 Å². The highest BCUT2D eigenvalue weighted by Gasteiger charge is 2.33. The fourth-order valence-electron chi connectivity index (χ4n) is 4.25. The molecule has 0 unspecified atom stereocenters. The van der Waals surface area contributed by atoms with Crippen LogP contribution in [0.4, 0.5) is 0 Å². The molecule has 0 aliphatic carbocycles. The lowest BCUT2D eigenvalue weighted by Crippen LogP contribution is -2.32. The van der Waals surface area contributed by atoms with Gasteiger partial charge in [-0.3, -0.25) is 9.69 Å². The largest absolute Gasteiger partial charge is 0.477 e. The second kappa shape index (κ2) is 8.45. The smallest absolute Gasteiger partial charge is 0.231 e. The number of rotatable bonds is 4. The lowest BCUT2D eigenvalue weighted by molar-refractivity contribution is 0.0876. The van der Waals surface area contributed by atoms with Gasteiger partial charge in [-0.15, -0.1) is 0 Å². The third-order valence-electron chi connectivity index (χ3n) is 6.01. The Balaban J connectivity index is 1.39. The van der Waals surface area contributed by atoms with Gasteiger partial charge in [-0.25, -0.2) is 0 Å². The van der Waals surface area contributed by atoms with Crippen LogP contribution in [0.15, 0.2) is 60.4 Å². The number of carbonyl (C=O) groups is 1. The second-order valence-corrected chi connectivity index (χ2v) is 8.72. The molecular formula is C27H24ClNO3. The normalized spacial score (nSPS) is 16.5. The van der Waals surface area contributed by atoms with Crippen LogP contribution in [0.1, 0.15) is 45.1 Å². The molecule has 0 amide bonds. The number of benzene rings is 3. The molecule has 3 aromatic rings. The zero-order chi connectivity index (χ0) is 22.2. The number of ketones is 1. The maximum absolute atomic E-state index is 13.1. The van der Waals surface area contributed by atoms with Crippen LogP contribution in [0.25, 0.3) is 6.08 Å². The Morgan fingerprint density at radius 3 is 2.47 bits per heavy atom. The summed E-state index contributed by atoms with van der Waals surface area (Å²) in [4.78, 5) is 15.3. The van der Waals surface area contributed by atoms with Gasteiger partial charge in [0.15, 0.2) is 5.76 Å². The van der Waals surface area contributed by atoms with Gasteiger partial charge in [0.2, 0.25) is 5.78 Å². The molecule has 0 saturated carbocycles. The van der Waals surface area contributed by atoms with Crippen LogP contribution in [0, 0.1) is 6.92 Å². The highest BCUT2D eigenvalue weighted by Crippen LogP contribution is 2.43. The Morgan fingerprint density at radius 1 is 1.03 bits per heavy atom. The zero-order valence-electron chi connectivity index (χ0n) is 18.2. The van der Waals surface area contributed by atoms with Crippen molar-refractivity contribution in [2.45, 2.75) is 33.4 Å². The number of Topliss-reactive ketones (excluding diaryl/α,β-unsaturated/α-hetero) is 1. The van der Waals surface area contributed by atoms with Gasteiger partial charge in [0, 0.05) is 29.2 Å². The van der Waals surface area contributed by atoms with E-state index in [-0.39, 0.29) is 5.78 Å². The first-order valence-corrected chi connectivity index (χ1v) is 11.2. The number of allylic oxidation sites excluding steroid dienone is 1. The highest BCUT2D eigenvalue weighted by molar-refractivity contribution is 6.30. The summed E-state index contributed by atoms with van der Waals surface area (Å²) in [6.45, 7) is 6.01. The number of ether oxygens (including phenoxy) is 2. The van der Waals surface area contributed by atoms with E-state index in [1.807, 2.05) is 55.5 Å². The van der Waals surface area contributed by atoms with Crippen LogP contribution in [0.5, 0.6) is 11.5 Å². The summed E-state index contributed by atoms with van der Waals surface area (Å²) in [6, 6.07) is 17.9. The first kappa shape index (κ1) is 20.8. The molecule has 0 radical (unpaired) electrons. The summed E-state index contributed by atoms with van der Waals surface area (Å²) in [5.41, 5.74) is 5.87. The first-order valence-electron chi connectivity index (χ1n) is 10.8. The average molecular weight is 446 g/mol. The molecule has 0 aromatic heterocycles. The highest BCUT2D eigenvalue weighted by atomic mass is 35.5. The van der Waals surface area contributed by atoms with Crippen LogP contribution in [0.3, 0.4) is 0 Å². The van der Waals surface area contributed by atoms with E-state index >= 15 is 0 Å². The molecule has 2 heterocycles. The predicted molar refractivity (Wildman–Crippen MR) is 126 cm³/mol. The van der Waals surface area contributed by atoms with Gasteiger partial charge >= 0.3 is 0 Å². The maximum atomic E-state index is 13.1. The molecule has 0 saturated heterocycles. The summed E-state index contributed by atoms with van der Waals surface area (Å²) in [6.07, 6.45) is 2.80. The van der Waals surface area contributed by atoms with E-state index in [2.05, 4.69) is 24.0 Å². The third-order valence-corrected chi connectivity index (χ3v) is 6.26. The van der Waals surface area contributed by atoms with E-state index in [0.29, 0.717) is 30.3 Å². The van der Waals surface area contributed by atoms with Crippen LogP contribution in [0.2, 0.25) is 5.02 Å². The lowest BCUT2D eigenvalue weighted by atomic mass is 9.99. The average Bonchev–Trinajstić information content (AvgIpc) is 3.11. The van der Waals surface area contributed by atoms with E-state index in [0.717, 1.165) is 46.0 Å². The zero-order valence-corrected chi connectivity index (χ0v) is 18.9. The molecule has 0 atom stereocenters. The van der Waals surface area contributed by atoms with E-state index in [1.54, 1.807) is 0 Å². The Bertz CT molecular complexity index is 1210. The van der Waals surface area contributed by atoms with Crippen LogP contribution in [-0.2, 0) is 19.5 Å². The second-order valence-electron chi connectivity index (χ2n) is 8.29. The molecule has 32 heavy (non-hydrogen) atoms. The Labute approximate surface area is 193 Å². The summed E-state index contributed by atoms with van der Waals surface area (Å²) >= 11 is 6.00. The number of hydrogen-bond acceptors (Lipinski definition) is 4. The van der Waals surface area contributed by atoms with Crippen molar-refractivity contribution in [3.63, 3.8) is 0 Å². The van der Waals surface area contributed by atoms with E-state index in [9.17, 15) is 4.79 Å². The monoisotopic (exact) mass is 445 g/mol. The molecule has 5 rings (SSSR count). The standard InChI is InChI=1S/C27H24ClNO3/c1-3-18-4-6-19(7-5-18)12-24-25(30)23-13-21-15-29(14-20-8-10-22(28)11-9-20)16-31-26(21)17(2)27(23)32-24/h4-13H,3,14-16H2,1-2H3/b24-12-. The Kier molecular flexibility index (Phi) is 5.50. The quantitative estimate of drug-likeness (QED) is 0.449. The fraction of sp³-hybridized carbons (Fsp3) is 0.222. The molecule has 5 heteroatoms. The van der Waals surface area contributed by atoms with Gasteiger partial charge < -0.3 is 9.47 Å². The Morgan fingerprint density at radius 2 is 1.75 bits per heavy atom. The summed E-state index contributed by atoms with van der Waals surface area (Å²) in [7, 11) is 0. The minimum absolute atomic E-state index is 0.0831. The van der Waals surface area contributed by atoms with E-state index in [1.165, 1.54) is 5.56 Å². The van der Waals surface area contributed by atoms with Crippen LogP contribution < -0.4 is 9.47 Å². The molecule has 0 spiro atoms. The van der Waals surface area contributed by atoms with E-state index in [4.69, 9.17) is 21.1 Å². The first-order chi connectivity index (χ1) is 15.5. The molecule has 0 fully saturated rings. The van der Waals surface area contributed by atoms with Crippen LogP contribution >= 0.6 is 11.6 Å². The van der Waals surface area contributed by atoms with Crippen molar-refractivity contribution in [1.29, 1.82) is 0 Å². The van der Waals surface area contributed by atoms with Gasteiger partial charge in [0.1, 0.15) is 18.2 Å². The number of fused-ring (bicyclic) bond motifs is 2. The predicted octanol–water partition coefficient (Wildman–Crippen LogP) is 6.18. The number of nitrogens with zero attached hydrogens (tertiary/aromatic N) is 1. The molecule has 0 N–H and O–H groups in total. The number of halogens is 1. The third kappa shape index (κ3) is 3.92. The maximum Gasteiger partial charge on any atom is 0.231 e. The minimum Gasteiger partial charge on any atom is -0.477 e. The van der Waals surface area contributed by atoms with Gasteiger partial charge in [-0.1, -0.05) is 54.9 Å². The van der Waals surface area contributed by atoms with Gasteiger partial charge in [0.05, 0.1) is 5.56 Å². The SMILES string of the molecule is CCc1ccc(/C=C2\Oc3c(cc4c(c3C)OCN(Cc3ccc(Cl)cc3)C4)C2=O)cc1. The number of aryl methyl sites for hydroxylation is 1. The number of carbonyl (C=O) groups excluding carboxylic acids is 1. The molecule has 2 aliphatic rings. The van der Waals surface area contributed by atoms with Crippen molar-refractivity contribution in [3.05, 3.63) is 98.8 Å². The molecular weight excluding hydrogens is 422 g/mol. The van der Waals surface area contributed by atoms with Gasteiger partial charge in [-0.2, -0.15) is 0 Å². The summed E-state index contributed by atoms with van der Waals surface area (Å²) < 4.78 is 12.1. The van der Waals surface area contributed by atoms with Crippen molar-refractivity contribution < 1.29 is 14.3 Å². The fourth-order valence-corrected chi connectivity index (χ4v) is 4.37. The van der Waals surface area contributed by atoms with Crippen molar-refractivity contribution in [2.75, 3.05) is 6.73 Å². The molecule has 0 bridgehead atoms. The molecule has 3 aromatic carbocycles. The van der Waals surface area contributed by atoms with Crippen molar-refractivity contribution in [2.24, 2.45) is 0 Å². The molecule has 4 nitrogen and oxygen atoms in total. The number of hydrogen-bond donors (Lipinski definition) is 0. The van der Waals surface area contributed by atoms with Crippen molar-refractivity contribution in [3.8, 4) is 11.5 Å². The van der Waals surface area contributed by atoms with Gasteiger partial charge in [0.25, 0.3) is 0 Å². The molecule has 162 valence electrons. The summed E-state index contributed by atoms with van der Waals surface area (Å²) in [5, 5.41) is 0.726. The molecule has 2 aliphatic heterocycles. The van der Waals surface area contributed by atoms with Gasteiger partial charge in [-0.05, 0) is 54.3 Å². The summed E-state index contributed by atoms with van der Waals surface area (Å²) in [5.74, 6) is 1.70.